The first-order chi connectivity index (χ1) is 9.28. The first-order valence-corrected chi connectivity index (χ1v) is 6.94. The third kappa shape index (κ3) is 5.67. The Kier molecular flexibility index (Phi) is 7.92. The summed E-state index contributed by atoms with van der Waals surface area (Å²) in [6.07, 6.45) is 0. The first-order valence-electron chi connectivity index (χ1n) is 6.94. The van der Waals surface area contributed by atoms with E-state index in [0.29, 0.717) is 19.3 Å². The van der Waals surface area contributed by atoms with Gasteiger partial charge in [-0.15, -0.1) is 12.4 Å². The van der Waals surface area contributed by atoms with Crippen LogP contribution in [0.25, 0.3) is 0 Å². The Labute approximate surface area is 127 Å². The largest absolute Gasteiger partial charge is 0.491 e. The third-order valence-electron chi connectivity index (χ3n) is 3.34. The number of rotatable bonds is 6. The van der Waals surface area contributed by atoms with Crippen LogP contribution in [-0.4, -0.2) is 50.9 Å². The van der Waals surface area contributed by atoms with E-state index in [2.05, 4.69) is 29.3 Å². The van der Waals surface area contributed by atoms with Crippen LogP contribution in [-0.2, 0) is 11.3 Å². The molecule has 0 unspecified atom stereocenters. The second-order valence-corrected chi connectivity index (χ2v) is 5.08. The van der Waals surface area contributed by atoms with E-state index in [1.165, 1.54) is 5.56 Å². The number of methoxy groups -OCH3 is 1. The van der Waals surface area contributed by atoms with Crippen molar-refractivity contribution in [2.24, 2.45) is 0 Å². The molecule has 0 aromatic heterocycles. The molecule has 1 aliphatic rings. The first kappa shape index (κ1) is 17.2. The lowest BCUT2D eigenvalue weighted by Crippen LogP contribution is -2.48. The van der Waals surface area contributed by atoms with Crippen LogP contribution < -0.4 is 10.1 Å². The molecule has 1 aromatic rings. The zero-order valence-electron chi connectivity index (χ0n) is 12.3. The predicted molar refractivity (Wildman–Crippen MR) is 83.8 cm³/mol. The number of ether oxygens (including phenoxy) is 2. The summed E-state index contributed by atoms with van der Waals surface area (Å²) < 4.78 is 10.5. The number of hydrogen-bond donors (Lipinski definition) is 1. The van der Waals surface area contributed by atoms with Gasteiger partial charge in [-0.25, -0.2) is 0 Å². The van der Waals surface area contributed by atoms with Gasteiger partial charge in [-0.1, -0.05) is 12.1 Å². The Bertz CT molecular complexity index is 373. The quantitative estimate of drug-likeness (QED) is 0.814. The second kappa shape index (κ2) is 9.19. The van der Waals surface area contributed by atoms with E-state index < -0.39 is 0 Å². The maximum absolute atomic E-state index is 5.56. The molecule has 0 saturated carbocycles. The minimum Gasteiger partial charge on any atom is -0.491 e. The number of nitrogens with one attached hydrogen (secondary N) is 1. The highest BCUT2D eigenvalue weighted by atomic mass is 35.5. The molecule has 0 amide bonds. The topological polar surface area (TPSA) is 33.7 Å². The van der Waals surface area contributed by atoms with Gasteiger partial charge in [0.2, 0.25) is 0 Å². The van der Waals surface area contributed by atoms with E-state index in [1.807, 2.05) is 12.1 Å². The molecule has 1 N–H and O–H groups in total. The molecule has 0 aliphatic carbocycles. The van der Waals surface area contributed by atoms with Crippen molar-refractivity contribution >= 4 is 12.4 Å². The van der Waals surface area contributed by atoms with Crippen LogP contribution in [0.3, 0.4) is 0 Å². The van der Waals surface area contributed by atoms with Crippen molar-refractivity contribution < 1.29 is 9.47 Å². The molecular formula is C15H25ClN2O2. The lowest BCUT2D eigenvalue weighted by Gasteiger charge is -2.31. The van der Waals surface area contributed by atoms with Crippen molar-refractivity contribution in [3.63, 3.8) is 0 Å². The van der Waals surface area contributed by atoms with Crippen molar-refractivity contribution in [2.75, 3.05) is 40.0 Å². The lowest BCUT2D eigenvalue weighted by molar-refractivity contribution is 0.146. The van der Waals surface area contributed by atoms with Crippen molar-refractivity contribution in [3.8, 4) is 5.75 Å². The molecule has 1 heterocycles. The van der Waals surface area contributed by atoms with Crippen LogP contribution in [0.1, 0.15) is 12.5 Å². The molecule has 5 heteroatoms. The Morgan fingerprint density at radius 3 is 2.65 bits per heavy atom. The van der Waals surface area contributed by atoms with Crippen molar-refractivity contribution in [3.05, 3.63) is 29.8 Å². The van der Waals surface area contributed by atoms with Crippen molar-refractivity contribution in [1.29, 1.82) is 0 Å². The molecular weight excluding hydrogens is 276 g/mol. The van der Waals surface area contributed by atoms with E-state index in [4.69, 9.17) is 9.47 Å². The summed E-state index contributed by atoms with van der Waals surface area (Å²) in [5.74, 6) is 0.912. The van der Waals surface area contributed by atoms with E-state index >= 15 is 0 Å². The molecule has 0 radical (unpaired) electrons. The molecule has 114 valence electrons. The fourth-order valence-corrected chi connectivity index (χ4v) is 2.35. The van der Waals surface area contributed by atoms with Gasteiger partial charge in [-0.2, -0.15) is 0 Å². The molecule has 4 nitrogen and oxygen atoms in total. The second-order valence-electron chi connectivity index (χ2n) is 5.08. The Balaban J connectivity index is 0.00000200. The average molecular weight is 301 g/mol. The molecule has 1 fully saturated rings. The van der Waals surface area contributed by atoms with E-state index in [1.54, 1.807) is 7.11 Å². The normalized spacial score (nSPS) is 19.4. The molecule has 1 atom stereocenters. The predicted octanol–water partition coefficient (Wildman–Crippen LogP) is 1.93. The highest BCUT2D eigenvalue weighted by Gasteiger charge is 2.15. The molecule has 20 heavy (non-hydrogen) atoms. The van der Waals surface area contributed by atoms with Crippen molar-refractivity contribution in [2.45, 2.75) is 19.5 Å². The van der Waals surface area contributed by atoms with E-state index in [-0.39, 0.29) is 12.4 Å². The van der Waals surface area contributed by atoms with E-state index in [9.17, 15) is 0 Å². The van der Waals surface area contributed by atoms with Gasteiger partial charge in [0.15, 0.2) is 0 Å². The summed E-state index contributed by atoms with van der Waals surface area (Å²) in [4.78, 5) is 2.49. The smallest absolute Gasteiger partial charge is 0.119 e. The number of hydrogen-bond acceptors (Lipinski definition) is 4. The zero-order valence-corrected chi connectivity index (χ0v) is 13.1. The summed E-state index contributed by atoms with van der Waals surface area (Å²) >= 11 is 0. The van der Waals surface area contributed by atoms with Crippen molar-refractivity contribution in [1.82, 2.24) is 10.2 Å². The third-order valence-corrected chi connectivity index (χ3v) is 3.34. The van der Waals surface area contributed by atoms with Crippen LogP contribution >= 0.6 is 12.4 Å². The fourth-order valence-electron chi connectivity index (χ4n) is 2.35. The summed E-state index contributed by atoms with van der Waals surface area (Å²) in [5, 5.41) is 3.46. The minimum absolute atomic E-state index is 0. The van der Waals surface area contributed by atoms with Gasteiger partial charge < -0.3 is 14.8 Å². The highest BCUT2D eigenvalue weighted by molar-refractivity contribution is 5.85. The molecule has 0 spiro atoms. The number of benzene rings is 1. The van der Waals surface area contributed by atoms with Crippen LogP contribution in [0.15, 0.2) is 24.3 Å². The summed E-state index contributed by atoms with van der Waals surface area (Å²) in [6, 6.07) is 8.96. The summed E-state index contributed by atoms with van der Waals surface area (Å²) in [7, 11) is 1.68. The standard InChI is InChI=1S/C15H24N2O2.ClH/c1-13-11-17(8-7-16-13)12-14-3-5-15(6-4-14)19-10-9-18-2;/h3-6,13,16H,7-12H2,1-2H3;1H/t13-;/m0./s1. The van der Waals surface area contributed by atoms with Gasteiger partial charge in [-0.3, -0.25) is 4.90 Å². The molecule has 1 aliphatic heterocycles. The van der Waals surface area contributed by atoms with Crippen LogP contribution in [0.5, 0.6) is 5.75 Å². The lowest BCUT2D eigenvalue weighted by atomic mass is 10.1. The van der Waals surface area contributed by atoms with E-state index in [0.717, 1.165) is 31.9 Å². The van der Waals surface area contributed by atoms with Gasteiger partial charge in [0, 0.05) is 39.3 Å². The number of halogens is 1. The highest BCUT2D eigenvalue weighted by Crippen LogP contribution is 2.14. The Morgan fingerprint density at radius 2 is 2.00 bits per heavy atom. The molecule has 2 rings (SSSR count). The molecule has 1 saturated heterocycles. The number of piperazine rings is 1. The Hall–Kier alpha value is -0.810. The van der Waals surface area contributed by atoms with Gasteiger partial charge in [0.05, 0.1) is 6.61 Å². The Morgan fingerprint density at radius 1 is 1.25 bits per heavy atom. The average Bonchev–Trinajstić information content (AvgIpc) is 2.41. The van der Waals surface area contributed by atoms with Crippen LogP contribution in [0.2, 0.25) is 0 Å². The van der Waals surface area contributed by atoms with Gasteiger partial charge in [0.25, 0.3) is 0 Å². The molecule has 1 aromatic carbocycles. The molecule has 0 bridgehead atoms. The zero-order chi connectivity index (χ0) is 13.5. The van der Waals surface area contributed by atoms with Gasteiger partial charge >= 0.3 is 0 Å². The SMILES string of the molecule is COCCOc1ccc(CN2CCN[C@@H](C)C2)cc1.Cl. The van der Waals surface area contributed by atoms with Gasteiger partial charge in [-0.05, 0) is 24.6 Å². The number of nitrogens with zero attached hydrogens (tertiary/aromatic N) is 1. The summed E-state index contributed by atoms with van der Waals surface area (Å²) in [6.45, 7) is 7.80. The summed E-state index contributed by atoms with van der Waals surface area (Å²) in [5.41, 5.74) is 1.34. The van der Waals surface area contributed by atoms with Crippen LogP contribution in [0, 0.1) is 0 Å². The van der Waals surface area contributed by atoms with Crippen LogP contribution in [0.4, 0.5) is 0 Å². The monoisotopic (exact) mass is 300 g/mol. The minimum atomic E-state index is 0. The van der Waals surface area contributed by atoms with Gasteiger partial charge in [0.1, 0.15) is 12.4 Å². The maximum Gasteiger partial charge on any atom is 0.119 e. The fraction of sp³-hybridized carbons (Fsp3) is 0.600. The maximum atomic E-state index is 5.56.